The zero-order valence-electron chi connectivity index (χ0n) is 20.6. The third kappa shape index (κ3) is 4.59. The summed E-state index contributed by atoms with van der Waals surface area (Å²) in [5.74, 6) is 0.381. The predicted molar refractivity (Wildman–Crippen MR) is 145 cm³/mol. The molecule has 0 atom stereocenters. The van der Waals surface area contributed by atoms with E-state index in [1.54, 1.807) is 10.8 Å². The van der Waals surface area contributed by atoms with Crippen molar-refractivity contribution in [3.8, 4) is 5.69 Å². The standard InChI is InChI=1S/C27H29N5O2S/c1-17-6-10-20(11-7-17)32-25(33)23-21-14-27(2,3)34-16-22(21)35-24(23)29-26(32)30-28-15-18-8-12-19(13-9-18)31(4)5/h6-13,15H,14,16H2,1-5H3,(H,29,30)/b28-15-. The van der Waals surface area contributed by atoms with Gasteiger partial charge in [-0.1, -0.05) is 29.8 Å². The highest BCUT2D eigenvalue weighted by Crippen LogP contribution is 2.37. The maximum atomic E-state index is 13.9. The van der Waals surface area contributed by atoms with E-state index in [1.165, 1.54) is 11.3 Å². The van der Waals surface area contributed by atoms with Crippen LogP contribution in [0, 0.1) is 6.92 Å². The monoisotopic (exact) mass is 487 g/mol. The second-order valence-electron chi connectivity index (χ2n) is 9.68. The lowest BCUT2D eigenvalue weighted by Gasteiger charge is -2.29. The first-order valence-corrected chi connectivity index (χ1v) is 12.4. The SMILES string of the molecule is Cc1ccc(-n2c(N/N=C\c3ccc(N(C)C)cc3)nc3sc4c(c3c2=O)CC(C)(C)OC4)cc1. The van der Waals surface area contributed by atoms with Crippen LogP contribution in [0.15, 0.2) is 58.4 Å². The van der Waals surface area contributed by atoms with E-state index in [9.17, 15) is 4.79 Å². The fourth-order valence-electron chi connectivity index (χ4n) is 4.22. The first kappa shape index (κ1) is 23.3. The fraction of sp³-hybridized carbons (Fsp3) is 0.296. The number of fused-ring (bicyclic) bond motifs is 3. The molecule has 0 bridgehead atoms. The molecule has 0 amide bonds. The van der Waals surface area contributed by atoms with E-state index in [-0.39, 0.29) is 11.2 Å². The molecule has 2 aromatic heterocycles. The molecule has 0 fully saturated rings. The number of nitrogens with one attached hydrogen (secondary N) is 1. The number of hydrazone groups is 1. The Morgan fingerprint density at radius 3 is 2.54 bits per heavy atom. The number of aryl methyl sites for hydroxylation is 1. The summed E-state index contributed by atoms with van der Waals surface area (Å²) in [5, 5.41) is 5.09. The van der Waals surface area contributed by atoms with Gasteiger partial charge in [-0.05, 0) is 56.2 Å². The van der Waals surface area contributed by atoms with Gasteiger partial charge in [-0.3, -0.25) is 4.79 Å². The minimum absolute atomic E-state index is 0.0953. The lowest BCUT2D eigenvalue weighted by atomic mass is 9.94. The first-order valence-electron chi connectivity index (χ1n) is 11.6. The van der Waals surface area contributed by atoms with E-state index in [4.69, 9.17) is 9.72 Å². The van der Waals surface area contributed by atoms with Gasteiger partial charge in [-0.25, -0.2) is 15.0 Å². The van der Waals surface area contributed by atoms with Crippen LogP contribution >= 0.6 is 11.3 Å². The Morgan fingerprint density at radius 1 is 1.14 bits per heavy atom. The number of hydrogen-bond acceptors (Lipinski definition) is 7. The molecule has 0 aliphatic carbocycles. The van der Waals surface area contributed by atoms with E-state index in [1.807, 2.05) is 74.4 Å². The van der Waals surface area contributed by atoms with Gasteiger partial charge in [0.2, 0.25) is 5.95 Å². The molecule has 0 spiro atoms. The summed E-state index contributed by atoms with van der Waals surface area (Å²) < 4.78 is 7.60. The Kier molecular flexibility index (Phi) is 5.94. The van der Waals surface area contributed by atoms with Crippen molar-refractivity contribution >= 4 is 39.4 Å². The van der Waals surface area contributed by atoms with Crippen LogP contribution in [0.5, 0.6) is 0 Å². The highest BCUT2D eigenvalue weighted by atomic mass is 32.1. The number of nitrogens with zero attached hydrogens (tertiary/aromatic N) is 4. The number of benzene rings is 2. The molecule has 35 heavy (non-hydrogen) atoms. The lowest BCUT2D eigenvalue weighted by Crippen LogP contribution is -2.32. The van der Waals surface area contributed by atoms with Crippen LogP contribution in [0.25, 0.3) is 15.9 Å². The van der Waals surface area contributed by atoms with Gasteiger partial charge in [0.1, 0.15) is 4.83 Å². The van der Waals surface area contributed by atoms with Crippen LogP contribution in [0.2, 0.25) is 0 Å². The van der Waals surface area contributed by atoms with Gasteiger partial charge in [0, 0.05) is 31.1 Å². The smallest absolute Gasteiger partial charge is 0.268 e. The van der Waals surface area contributed by atoms with Gasteiger partial charge >= 0.3 is 0 Å². The number of hydrogen-bond donors (Lipinski definition) is 1. The highest BCUT2D eigenvalue weighted by Gasteiger charge is 2.31. The summed E-state index contributed by atoms with van der Waals surface area (Å²) >= 11 is 1.52. The predicted octanol–water partition coefficient (Wildman–Crippen LogP) is 5.12. The minimum Gasteiger partial charge on any atom is -0.378 e. The zero-order valence-corrected chi connectivity index (χ0v) is 21.4. The fourth-order valence-corrected chi connectivity index (χ4v) is 5.32. The Hall–Kier alpha value is -3.49. The van der Waals surface area contributed by atoms with Crippen LogP contribution in [-0.4, -0.2) is 35.5 Å². The Balaban J connectivity index is 1.58. The first-order chi connectivity index (χ1) is 16.7. The largest absolute Gasteiger partial charge is 0.378 e. The van der Waals surface area contributed by atoms with Gasteiger partial charge in [-0.15, -0.1) is 11.3 Å². The van der Waals surface area contributed by atoms with Gasteiger partial charge < -0.3 is 9.64 Å². The lowest BCUT2D eigenvalue weighted by molar-refractivity contribution is -0.0379. The van der Waals surface area contributed by atoms with Gasteiger partial charge in [0.15, 0.2) is 0 Å². The molecule has 3 heterocycles. The molecule has 7 nitrogen and oxygen atoms in total. The number of anilines is 2. The molecule has 180 valence electrons. The number of thiophene rings is 1. The summed E-state index contributed by atoms with van der Waals surface area (Å²) in [6, 6.07) is 15.9. The van der Waals surface area contributed by atoms with E-state index in [0.717, 1.165) is 32.9 Å². The molecule has 0 saturated heterocycles. The molecule has 5 rings (SSSR count). The van der Waals surface area contributed by atoms with Gasteiger partial charge in [0.05, 0.1) is 29.5 Å². The molecule has 1 N–H and O–H groups in total. The summed E-state index contributed by atoms with van der Waals surface area (Å²) in [7, 11) is 4.01. The van der Waals surface area contributed by atoms with Crippen LogP contribution in [0.3, 0.4) is 0 Å². The maximum absolute atomic E-state index is 13.9. The van der Waals surface area contributed by atoms with E-state index in [0.29, 0.717) is 29.2 Å². The van der Waals surface area contributed by atoms with Crippen molar-refractivity contribution in [1.29, 1.82) is 0 Å². The average Bonchev–Trinajstić information content (AvgIpc) is 3.17. The second kappa shape index (κ2) is 8.94. The molecule has 0 saturated carbocycles. The normalized spacial score (nSPS) is 14.9. The van der Waals surface area contributed by atoms with Crippen molar-refractivity contribution in [2.24, 2.45) is 5.10 Å². The maximum Gasteiger partial charge on any atom is 0.268 e. The summed E-state index contributed by atoms with van der Waals surface area (Å²) in [4.78, 5) is 22.6. The summed E-state index contributed by atoms with van der Waals surface area (Å²) in [5.41, 5.74) is 7.60. The van der Waals surface area contributed by atoms with Crippen LogP contribution < -0.4 is 15.9 Å². The van der Waals surface area contributed by atoms with E-state index >= 15 is 0 Å². The second-order valence-corrected chi connectivity index (χ2v) is 10.8. The molecule has 2 aromatic carbocycles. The van der Waals surface area contributed by atoms with Crippen molar-refractivity contribution in [1.82, 2.24) is 9.55 Å². The topological polar surface area (TPSA) is 71.8 Å². The quantitative estimate of drug-likeness (QED) is 0.313. The van der Waals surface area contributed by atoms with Gasteiger partial charge in [-0.2, -0.15) is 5.10 Å². The zero-order chi connectivity index (χ0) is 24.7. The molecule has 8 heteroatoms. The van der Waals surface area contributed by atoms with Crippen molar-refractivity contribution in [3.05, 3.63) is 80.5 Å². The van der Waals surface area contributed by atoms with E-state index < -0.39 is 0 Å². The average molecular weight is 488 g/mol. The van der Waals surface area contributed by atoms with Crippen LogP contribution in [0.4, 0.5) is 11.6 Å². The Morgan fingerprint density at radius 2 is 1.86 bits per heavy atom. The molecule has 1 aliphatic rings. The van der Waals surface area contributed by atoms with Crippen molar-refractivity contribution < 1.29 is 4.74 Å². The molecule has 1 aliphatic heterocycles. The molecule has 4 aromatic rings. The number of ether oxygens (including phenoxy) is 1. The van der Waals surface area contributed by atoms with Crippen LogP contribution in [0.1, 0.15) is 35.4 Å². The summed E-state index contributed by atoms with van der Waals surface area (Å²) in [6.45, 7) is 6.63. The number of aromatic nitrogens is 2. The van der Waals surface area contributed by atoms with Crippen molar-refractivity contribution in [2.45, 2.75) is 39.4 Å². The summed E-state index contributed by atoms with van der Waals surface area (Å²) in [6.07, 6.45) is 2.41. The van der Waals surface area contributed by atoms with Crippen molar-refractivity contribution in [2.75, 3.05) is 24.4 Å². The number of rotatable bonds is 5. The van der Waals surface area contributed by atoms with Crippen molar-refractivity contribution in [3.63, 3.8) is 0 Å². The molecular weight excluding hydrogens is 458 g/mol. The Labute approximate surface area is 208 Å². The minimum atomic E-state index is -0.314. The third-order valence-corrected chi connectivity index (χ3v) is 7.28. The Bertz CT molecular complexity index is 1460. The molecule has 0 unspecified atom stereocenters. The van der Waals surface area contributed by atoms with Crippen LogP contribution in [-0.2, 0) is 17.8 Å². The third-order valence-electron chi connectivity index (χ3n) is 6.18. The highest BCUT2D eigenvalue weighted by molar-refractivity contribution is 7.18. The van der Waals surface area contributed by atoms with E-state index in [2.05, 4.69) is 24.4 Å². The molecule has 0 radical (unpaired) electrons. The van der Waals surface area contributed by atoms with Gasteiger partial charge in [0.25, 0.3) is 5.56 Å². The molecular formula is C27H29N5O2S.